The number of aliphatic hydroxyl groups excluding tert-OH is 1. The first-order valence-corrected chi connectivity index (χ1v) is 6.91. The Bertz CT molecular complexity index is 252. The number of carbonyl (C=O) groups is 1. The predicted octanol–water partition coefficient (Wildman–Crippen LogP) is 1.46. The first-order valence-electron chi connectivity index (χ1n) is 6.91. The Labute approximate surface area is 110 Å². The maximum absolute atomic E-state index is 11.8. The first kappa shape index (κ1) is 15.6. The molecule has 1 aliphatic rings. The molecule has 0 saturated carbocycles. The normalized spacial score (nSPS) is 19.1. The number of hydrogen-bond acceptors (Lipinski definition) is 4. The molecule has 1 N–H and O–H groups in total. The highest BCUT2D eigenvalue weighted by molar-refractivity contribution is 5.83. The van der Waals surface area contributed by atoms with E-state index in [2.05, 4.69) is 4.90 Å². The van der Waals surface area contributed by atoms with Gasteiger partial charge >= 0.3 is 0 Å². The number of piperidine rings is 1. The fourth-order valence-electron chi connectivity index (χ4n) is 2.15. The highest BCUT2D eigenvalue weighted by atomic mass is 16.5. The lowest BCUT2D eigenvalue weighted by Gasteiger charge is -2.32. The molecular formula is C14H27NO3. The highest BCUT2D eigenvalue weighted by Crippen LogP contribution is 2.18. The van der Waals surface area contributed by atoms with Crippen molar-refractivity contribution in [1.29, 1.82) is 0 Å². The number of nitrogens with zero attached hydrogens (tertiary/aromatic N) is 1. The summed E-state index contributed by atoms with van der Waals surface area (Å²) in [5, 5.41) is 8.70. The largest absolute Gasteiger partial charge is 0.394 e. The van der Waals surface area contributed by atoms with Crippen molar-refractivity contribution >= 4 is 5.78 Å². The van der Waals surface area contributed by atoms with Crippen LogP contribution in [-0.4, -0.2) is 54.7 Å². The van der Waals surface area contributed by atoms with Gasteiger partial charge in [-0.2, -0.15) is 0 Å². The van der Waals surface area contributed by atoms with Gasteiger partial charge in [-0.1, -0.05) is 20.8 Å². The molecule has 0 aromatic carbocycles. The molecule has 0 spiro atoms. The van der Waals surface area contributed by atoms with Gasteiger partial charge in [0.25, 0.3) is 0 Å². The van der Waals surface area contributed by atoms with Gasteiger partial charge in [0.15, 0.2) is 0 Å². The highest BCUT2D eigenvalue weighted by Gasteiger charge is 2.23. The van der Waals surface area contributed by atoms with Gasteiger partial charge in [0, 0.05) is 31.5 Å². The average molecular weight is 257 g/mol. The van der Waals surface area contributed by atoms with Crippen molar-refractivity contribution in [1.82, 2.24) is 4.90 Å². The molecule has 0 amide bonds. The van der Waals surface area contributed by atoms with Gasteiger partial charge in [0.05, 0.1) is 19.3 Å². The number of ether oxygens (including phenoxy) is 1. The van der Waals surface area contributed by atoms with Crippen molar-refractivity contribution in [2.45, 2.75) is 46.1 Å². The summed E-state index contributed by atoms with van der Waals surface area (Å²) in [6, 6.07) is 0. The first-order chi connectivity index (χ1) is 8.43. The third-order valence-electron chi connectivity index (χ3n) is 3.47. The van der Waals surface area contributed by atoms with Crippen LogP contribution in [0.4, 0.5) is 0 Å². The number of carbonyl (C=O) groups excluding carboxylic acids is 1. The van der Waals surface area contributed by atoms with Crippen LogP contribution in [0.15, 0.2) is 0 Å². The van der Waals surface area contributed by atoms with E-state index in [1.54, 1.807) is 0 Å². The second-order valence-corrected chi connectivity index (χ2v) is 6.06. The third kappa shape index (κ3) is 5.46. The lowest BCUT2D eigenvalue weighted by Crippen LogP contribution is -2.39. The van der Waals surface area contributed by atoms with E-state index in [0.717, 1.165) is 32.5 Å². The molecule has 1 saturated heterocycles. The van der Waals surface area contributed by atoms with Crippen LogP contribution in [0.3, 0.4) is 0 Å². The SMILES string of the molecule is CC(C)(C)C(=O)CCN1CCC(OCCO)CC1. The van der Waals surface area contributed by atoms with Crippen molar-refractivity contribution < 1.29 is 14.6 Å². The molecule has 0 unspecified atom stereocenters. The summed E-state index contributed by atoms with van der Waals surface area (Å²) in [5.74, 6) is 0.334. The molecule has 0 aromatic rings. The van der Waals surface area contributed by atoms with E-state index >= 15 is 0 Å². The summed E-state index contributed by atoms with van der Waals surface area (Å²) in [6.07, 6.45) is 2.94. The van der Waals surface area contributed by atoms with E-state index in [9.17, 15) is 4.79 Å². The molecule has 0 radical (unpaired) electrons. The van der Waals surface area contributed by atoms with Gasteiger partial charge in [0.1, 0.15) is 5.78 Å². The van der Waals surface area contributed by atoms with E-state index < -0.39 is 0 Å². The number of Topliss-reactive ketones (excluding diaryl/α,β-unsaturated/α-hetero) is 1. The van der Waals surface area contributed by atoms with E-state index in [4.69, 9.17) is 9.84 Å². The Kier molecular flexibility index (Phi) is 6.26. The van der Waals surface area contributed by atoms with Crippen LogP contribution in [0.2, 0.25) is 0 Å². The molecule has 0 bridgehead atoms. The van der Waals surface area contributed by atoms with Crippen molar-refractivity contribution in [3.63, 3.8) is 0 Å². The molecule has 4 nitrogen and oxygen atoms in total. The maximum atomic E-state index is 11.8. The van der Waals surface area contributed by atoms with Gasteiger partial charge in [-0.25, -0.2) is 0 Å². The summed E-state index contributed by atoms with van der Waals surface area (Å²) in [6.45, 7) is 9.32. The number of likely N-dealkylation sites (tertiary alicyclic amines) is 1. The predicted molar refractivity (Wildman–Crippen MR) is 71.6 cm³/mol. The lowest BCUT2D eigenvalue weighted by atomic mass is 9.89. The number of hydrogen-bond donors (Lipinski definition) is 1. The van der Waals surface area contributed by atoms with Crippen LogP contribution in [0.5, 0.6) is 0 Å². The molecule has 1 heterocycles. The maximum Gasteiger partial charge on any atom is 0.139 e. The van der Waals surface area contributed by atoms with Crippen molar-refractivity contribution in [2.24, 2.45) is 5.41 Å². The van der Waals surface area contributed by atoms with E-state index in [1.807, 2.05) is 20.8 Å². The minimum absolute atomic E-state index is 0.0975. The van der Waals surface area contributed by atoms with Crippen LogP contribution in [0.1, 0.15) is 40.0 Å². The monoisotopic (exact) mass is 257 g/mol. The van der Waals surface area contributed by atoms with E-state index in [1.165, 1.54) is 0 Å². The molecule has 0 atom stereocenters. The minimum Gasteiger partial charge on any atom is -0.394 e. The average Bonchev–Trinajstić information content (AvgIpc) is 2.33. The quantitative estimate of drug-likeness (QED) is 0.783. The van der Waals surface area contributed by atoms with Crippen LogP contribution in [0, 0.1) is 5.41 Å². The fraction of sp³-hybridized carbons (Fsp3) is 0.929. The summed E-state index contributed by atoms with van der Waals surface area (Å²) >= 11 is 0. The third-order valence-corrected chi connectivity index (χ3v) is 3.47. The van der Waals surface area contributed by atoms with Crippen LogP contribution in [0.25, 0.3) is 0 Å². The molecule has 18 heavy (non-hydrogen) atoms. The smallest absolute Gasteiger partial charge is 0.139 e. The van der Waals surface area contributed by atoms with Crippen molar-refractivity contribution in [2.75, 3.05) is 32.8 Å². The van der Waals surface area contributed by atoms with Crippen molar-refractivity contribution in [3.8, 4) is 0 Å². The molecule has 106 valence electrons. The van der Waals surface area contributed by atoms with Crippen molar-refractivity contribution in [3.05, 3.63) is 0 Å². The van der Waals surface area contributed by atoms with Crippen LogP contribution >= 0.6 is 0 Å². The Morgan fingerprint density at radius 1 is 1.33 bits per heavy atom. The molecule has 0 aliphatic carbocycles. The molecule has 0 aromatic heterocycles. The number of rotatable bonds is 6. The molecule has 1 aliphatic heterocycles. The second-order valence-electron chi connectivity index (χ2n) is 6.06. The Hall–Kier alpha value is -0.450. The van der Waals surface area contributed by atoms with Crippen LogP contribution in [-0.2, 0) is 9.53 Å². The Morgan fingerprint density at radius 2 is 1.94 bits per heavy atom. The van der Waals surface area contributed by atoms with Gasteiger partial charge in [0.2, 0.25) is 0 Å². The van der Waals surface area contributed by atoms with Gasteiger partial charge in [-0.05, 0) is 12.8 Å². The molecule has 4 heteroatoms. The van der Waals surface area contributed by atoms with Gasteiger partial charge < -0.3 is 14.7 Å². The van der Waals surface area contributed by atoms with Gasteiger partial charge in [-0.15, -0.1) is 0 Å². The summed E-state index contributed by atoms with van der Waals surface area (Å²) in [4.78, 5) is 14.2. The fourth-order valence-corrected chi connectivity index (χ4v) is 2.15. The Balaban J connectivity index is 2.18. The zero-order chi connectivity index (χ0) is 13.6. The molecular weight excluding hydrogens is 230 g/mol. The zero-order valence-corrected chi connectivity index (χ0v) is 11.9. The minimum atomic E-state index is -0.220. The molecule has 1 rings (SSSR count). The molecule has 1 fully saturated rings. The summed E-state index contributed by atoms with van der Waals surface area (Å²) in [7, 11) is 0. The van der Waals surface area contributed by atoms with E-state index in [-0.39, 0.29) is 18.1 Å². The lowest BCUT2D eigenvalue weighted by molar-refractivity contribution is -0.126. The number of ketones is 1. The zero-order valence-electron chi connectivity index (χ0n) is 11.9. The summed E-state index contributed by atoms with van der Waals surface area (Å²) in [5.41, 5.74) is -0.220. The standard InChI is InChI=1S/C14H27NO3/c1-14(2,3)13(17)6-9-15-7-4-12(5-8-15)18-11-10-16/h12,16H,4-11H2,1-3H3. The Morgan fingerprint density at radius 3 is 2.44 bits per heavy atom. The second kappa shape index (κ2) is 7.22. The number of aliphatic hydroxyl groups is 1. The van der Waals surface area contributed by atoms with Crippen LogP contribution < -0.4 is 0 Å². The van der Waals surface area contributed by atoms with E-state index in [0.29, 0.717) is 18.8 Å². The topological polar surface area (TPSA) is 49.8 Å². The van der Waals surface area contributed by atoms with Gasteiger partial charge in [-0.3, -0.25) is 4.79 Å². The summed E-state index contributed by atoms with van der Waals surface area (Å²) < 4.78 is 5.52.